The number of hydrogen-bond donors (Lipinski definition) is 0. The monoisotopic (exact) mass is 278 g/mol. The lowest BCUT2D eigenvalue weighted by Crippen LogP contribution is -2.23. The number of likely N-dealkylation sites (N-methyl/N-ethyl adjacent to an activating group) is 1. The second kappa shape index (κ2) is 5.53. The summed E-state index contributed by atoms with van der Waals surface area (Å²) in [4.78, 5) is 6.23. The average Bonchev–Trinajstić information content (AvgIpc) is 2.14. The second-order valence-corrected chi connectivity index (χ2v) is 4.16. The topological polar surface area (TPSA) is 25.4 Å². The van der Waals surface area contributed by atoms with Crippen LogP contribution in [0.5, 0.6) is 0 Å². The van der Waals surface area contributed by atoms with E-state index in [-0.39, 0.29) is 0 Å². The molecule has 5 heteroatoms. The van der Waals surface area contributed by atoms with E-state index in [4.69, 9.17) is 16.3 Å². The van der Waals surface area contributed by atoms with Crippen LogP contribution in [-0.2, 0) is 4.74 Å². The first kappa shape index (κ1) is 11.8. The molecule has 3 nitrogen and oxygen atoms in total. The zero-order chi connectivity index (χ0) is 10.6. The number of pyridine rings is 1. The smallest absolute Gasteiger partial charge is 0.142 e. The maximum atomic E-state index is 5.79. The van der Waals surface area contributed by atoms with Crippen molar-refractivity contribution in [2.45, 2.75) is 0 Å². The van der Waals surface area contributed by atoms with E-state index >= 15 is 0 Å². The van der Waals surface area contributed by atoms with Crippen LogP contribution >= 0.6 is 27.5 Å². The molecule has 0 N–H and O–H groups in total. The Morgan fingerprint density at radius 3 is 2.93 bits per heavy atom. The third-order valence-electron chi connectivity index (χ3n) is 1.78. The molecule has 0 aliphatic carbocycles. The molecule has 1 aromatic heterocycles. The van der Waals surface area contributed by atoms with Crippen LogP contribution in [0.25, 0.3) is 0 Å². The van der Waals surface area contributed by atoms with Crippen LogP contribution in [0, 0.1) is 0 Å². The molecule has 0 unspecified atom stereocenters. The minimum atomic E-state index is 0.626. The maximum absolute atomic E-state index is 5.79. The Morgan fingerprint density at radius 2 is 2.36 bits per heavy atom. The van der Waals surface area contributed by atoms with Crippen molar-refractivity contribution in [3.05, 3.63) is 21.8 Å². The predicted molar refractivity (Wildman–Crippen MR) is 62.1 cm³/mol. The molecule has 0 saturated heterocycles. The molecule has 0 fully saturated rings. The van der Waals surface area contributed by atoms with Crippen LogP contribution in [0.4, 0.5) is 5.82 Å². The molecular formula is C9H12BrClN2O. The van der Waals surface area contributed by atoms with Gasteiger partial charge in [0.1, 0.15) is 5.82 Å². The Balaban J connectivity index is 2.74. The highest BCUT2D eigenvalue weighted by Crippen LogP contribution is 2.25. The molecule has 1 rings (SSSR count). The van der Waals surface area contributed by atoms with Gasteiger partial charge in [-0.2, -0.15) is 0 Å². The fraction of sp³-hybridized carbons (Fsp3) is 0.444. The van der Waals surface area contributed by atoms with E-state index in [0.717, 1.165) is 16.8 Å². The molecule has 0 aliphatic rings. The number of anilines is 1. The van der Waals surface area contributed by atoms with Gasteiger partial charge in [0.15, 0.2) is 0 Å². The Kier molecular flexibility index (Phi) is 4.65. The molecule has 0 aliphatic heterocycles. The summed E-state index contributed by atoms with van der Waals surface area (Å²) in [7, 11) is 3.64. The first-order chi connectivity index (χ1) is 6.65. The van der Waals surface area contributed by atoms with Gasteiger partial charge in [-0.25, -0.2) is 4.98 Å². The van der Waals surface area contributed by atoms with Crippen molar-refractivity contribution < 1.29 is 4.74 Å². The van der Waals surface area contributed by atoms with E-state index in [0.29, 0.717) is 11.6 Å². The third kappa shape index (κ3) is 3.12. The Labute approximate surface area is 97.2 Å². The number of aromatic nitrogens is 1. The van der Waals surface area contributed by atoms with Crippen molar-refractivity contribution in [1.29, 1.82) is 0 Å². The standard InChI is InChI=1S/C9H12BrClN2O/c1-13(3-4-14-2)9-8(10)5-7(11)6-12-9/h5-6H,3-4H2,1-2H3. The van der Waals surface area contributed by atoms with Gasteiger partial charge in [0, 0.05) is 26.9 Å². The van der Waals surface area contributed by atoms with Crippen molar-refractivity contribution in [3.63, 3.8) is 0 Å². The summed E-state index contributed by atoms with van der Waals surface area (Å²) in [6.45, 7) is 1.47. The van der Waals surface area contributed by atoms with E-state index in [1.54, 1.807) is 13.3 Å². The van der Waals surface area contributed by atoms with Gasteiger partial charge in [-0.15, -0.1) is 0 Å². The van der Waals surface area contributed by atoms with Crippen LogP contribution < -0.4 is 4.90 Å². The lowest BCUT2D eigenvalue weighted by Gasteiger charge is -2.18. The van der Waals surface area contributed by atoms with Gasteiger partial charge in [0.25, 0.3) is 0 Å². The summed E-state index contributed by atoms with van der Waals surface area (Å²) in [6.07, 6.45) is 1.63. The van der Waals surface area contributed by atoms with E-state index < -0.39 is 0 Å². The van der Waals surface area contributed by atoms with Gasteiger partial charge in [-0.3, -0.25) is 0 Å². The first-order valence-electron chi connectivity index (χ1n) is 4.16. The largest absolute Gasteiger partial charge is 0.383 e. The Morgan fingerprint density at radius 1 is 1.64 bits per heavy atom. The van der Waals surface area contributed by atoms with E-state index in [1.807, 2.05) is 18.0 Å². The fourth-order valence-electron chi connectivity index (χ4n) is 1.02. The van der Waals surface area contributed by atoms with Crippen molar-refractivity contribution in [2.24, 2.45) is 0 Å². The fourth-order valence-corrected chi connectivity index (χ4v) is 1.96. The summed E-state index contributed by atoms with van der Waals surface area (Å²) >= 11 is 9.20. The molecular weight excluding hydrogens is 267 g/mol. The van der Waals surface area contributed by atoms with Crippen LogP contribution in [0.3, 0.4) is 0 Å². The van der Waals surface area contributed by atoms with E-state index in [2.05, 4.69) is 20.9 Å². The molecule has 0 saturated carbocycles. The van der Waals surface area contributed by atoms with Gasteiger partial charge in [-0.1, -0.05) is 11.6 Å². The highest BCUT2D eigenvalue weighted by Gasteiger charge is 2.07. The zero-order valence-corrected chi connectivity index (χ0v) is 10.5. The predicted octanol–water partition coefficient (Wildman–Crippen LogP) is 2.58. The van der Waals surface area contributed by atoms with Crippen molar-refractivity contribution in [2.75, 3.05) is 32.2 Å². The molecule has 0 radical (unpaired) electrons. The van der Waals surface area contributed by atoms with Crippen LogP contribution in [0.2, 0.25) is 5.02 Å². The van der Waals surface area contributed by atoms with Crippen LogP contribution in [0.1, 0.15) is 0 Å². The lowest BCUT2D eigenvalue weighted by atomic mass is 10.4. The minimum Gasteiger partial charge on any atom is -0.383 e. The van der Waals surface area contributed by atoms with E-state index in [1.165, 1.54) is 0 Å². The molecule has 0 aromatic carbocycles. The van der Waals surface area contributed by atoms with Gasteiger partial charge < -0.3 is 9.64 Å². The second-order valence-electron chi connectivity index (χ2n) is 2.87. The first-order valence-corrected chi connectivity index (χ1v) is 5.33. The molecule has 0 amide bonds. The van der Waals surface area contributed by atoms with Crippen LogP contribution in [0.15, 0.2) is 16.7 Å². The number of rotatable bonds is 4. The molecule has 0 spiro atoms. The molecule has 0 atom stereocenters. The van der Waals surface area contributed by atoms with Gasteiger partial charge in [0.2, 0.25) is 0 Å². The average molecular weight is 280 g/mol. The summed E-state index contributed by atoms with van der Waals surface area (Å²) in [6, 6.07) is 1.83. The molecule has 1 aromatic rings. The molecule has 78 valence electrons. The number of halogens is 2. The van der Waals surface area contributed by atoms with Gasteiger partial charge in [-0.05, 0) is 22.0 Å². The maximum Gasteiger partial charge on any atom is 0.142 e. The number of ether oxygens (including phenoxy) is 1. The van der Waals surface area contributed by atoms with Crippen LogP contribution in [-0.4, -0.2) is 32.3 Å². The summed E-state index contributed by atoms with van der Waals surface area (Å²) in [5, 5.41) is 0.626. The van der Waals surface area contributed by atoms with Crippen molar-refractivity contribution >= 4 is 33.3 Å². The highest BCUT2D eigenvalue weighted by atomic mass is 79.9. The highest BCUT2D eigenvalue weighted by molar-refractivity contribution is 9.10. The third-order valence-corrected chi connectivity index (χ3v) is 2.57. The van der Waals surface area contributed by atoms with E-state index in [9.17, 15) is 0 Å². The Hall–Kier alpha value is -0.320. The quantitative estimate of drug-likeness (QED) is 0.847. The number of nitrogens with zero attached hydrogens (tertiary/aromatic N) is 2. The summed E-state index contributed by atoms with van der Waals surface area (Å²) < 4.78 is 5.88. The SMILES string of the molecule is COCCN(C)c1ncc(Cl)cc1Br. The number of methoxy groups -OCH3 is 1. The normalized spacial score (nSPS) is 10.3. The molecule has 0 bridgehead atoms. The molecule has 1 heterocycles. The molecule has 14 heavy (non-hydrogen) atoms. The lowest BCUT2D eigenvalue weighted by molar-refractivity contribution is 0.206. The Bertz CT molecular complexity index is 309. The number of hydrogen-bond acceptors (Lipinski definition) is 3. The van der Waals surface area contributed by atoms with Gasteiger partial charge in [0.05, 0.1) is 16.1 Å². The van der Waals surface area contributed by atoms with Crippen molar-refractivity contribution in [3.8, 4) is 0 Å². The minimum absolute atomic E-state index is 0.626. The van der Waals surface area contributed by atoms with Crippen molar-refractivity contribution in [1.82, 2.24) is 4.98 Å². The zero-order valence-electron chi connectivity index (χ0n) is 8.13. The van der Waals surface area contributed by atoms with Gasteiger partial charge >= 0.3 is 0 Å². The summed E-state index contributed by atoms with van der Waals surface area (Å²) in [5.74, 6) is 0.867. The summed E-state index contributed by atoms with van der Waals surface area (Å²) in [5.41, 5.74) is 0.